The minimum Gasteiger partial charge on any atom is -0.166 e. The van der Waals surface area contributed by atoms with Gasteiger partial charge < -0.3 is 0 Å². The second-order valence-corrected chi connectivity index (χ2v) is 7.52. The van der Waals surface area contributed by atoms with Gasteiger partial charge in [-0.2, -0.15) is 26.3 Å². The monoisotopic (exact) mass is 397 g/mol. The van der Waals surface area contributed by atoms with Crippen LogP contribution in [0.3, 0.4) is 0 Å². The first-order valence-corrected chi connectivity index (χ1v) is 8.85. The van der Waals surface area contributed by atoms with Gasteiger partial charge in [-0.3, -0.25) is 0 Å². The molecule has 0 amide bonds. The van der Waals surface area contributed by atoms with Gasteiger partial charge in [-0.25, -0.2) is 0 Å². The van der Waals surface area contributed by atoms with E-state index >= 15 is 0 Å². The summed E-state index contributed by atoms with van der Waals surface area (Å²) in [7, 11) is 0. The maximum atomic E-state index is 13.2. The van der Waals surface area contributed by atoms with Crippen LogP contribution in [0, 0.1) is 19.3 Å². The fourth-order valence-corrected chi connectivity index (χ4v) is 3.52. The van der Waals surface area contributed by atoms with Crippen LogP contribution in [0.5, 0.6) is 0 Å². The summed E-state index contributed by atoms with van der Waals surface area (Å²) in [5, 5.41) is 0. The van der Waals surface area contributed by atoms with Crippen LogP contribution in [-0.2, 0) is 12.4 Å². The highest BCUT2D eigenvalue weighted by Crippen LogP contribution is 2.43. The molecule has 0 aromatic heterocycles. The molecule has 0 bridgehead atoms. The first-order chi connectivity index (χ1) is 12.9. The highest BCUT2D eigenvalue weighted by atomic mass is 19.4. The molecule has 149 valence electrons. The van der Waals surface area contributed by atoms with E-state index in [1.807, 2.05) is 32.4 Å². The van der Waals surface area contributed by atoms with Gasteiger partial charge in [0.25, 0.3) is 0 Å². The molecule has 0 nitrogen and oxygen atoms in total. The van der Waals surface area contributed by atoms with Crippen molar-refractivity contribution in [2.75, 3.05) is 0 Å². The van der Waals surface area contributed by atoms with E-state index in [1.54, 1.807) is 13.0 Å². The second-order valence-electron chi connectivity index (χ2n) is 7.52. The molecule has 2 aromatic rings. The van der Waals surface area contributed by atoms with Crippen molar-refractivity contribution in [3.8, 4) is 11.1 Å². The fraction of sp³-hybridized carbons (Fsp3) is 0.318. The molecule has 0 fully saturated rings. The lowest BCUT2D eigenvalue weighted by Gasteiger charge is -2.17. The Labute approximate surface area is 159 Å². The van der Waals surface area contributed by atoms with Crippen LogP contribution in [0.4, 0.5) is 26.3 Å². The molecule has 0 atom stereocenters. The zero-order chi connectivity index (χ0) is 20.9. The summed E-state index contributed by atoms with van der Waals surface area (Å²) in [6.07, 6.45) is -5.15. The van der Waals surface area contributed by atoms with E-state index in [9.17, 15) is 26.3 Å². The van der Waals surface area contributed by atoms with Crippen molar-refractivity contribution in [1.29, 1.82) is 0 Å². The number of rotatable bonds is 3. The average Bonchev–Trinajstić information content (AvgIpc) is 2.94. The molecular formula is C22H19F6. The Hall–Kier alpha value is -2.24. The predicted octanol–water partition coefficient (Wildman–Crippen LogP) is 7.70. The normalized spacial score (nSPS) is 14.4. The summed E-state index contributed by atoms with van der Waals surface area (Å²) >= 11 is 0. The summed E-state index contributed by atoms with van der Waals surface area (Å²) in [6, 6.07) is 5.33. The Bertz CT molecular complexity index is 897. The summed E-state index contributed by atoms with van der Waals surface area (Å²) in [5.41, 5.74) is 0.841. The second kappa shape index (κ2) is 6.98. The Morgan fingerprint density at radius 3 is 1.93 bits per heavy atom. The number of alkyl halides is 6. The first kappa shape index (κ1) is 20.5. The van der Waals surface area contributed by atoms with Crippen LogP contribution in [-0.4, -0.2) is 0 Å². The van der Waals surface area contributed by atoms with Crippen molar-refractivity contribution in [2.24, 2.45) is 5.92 Å². The van der Waals surface area contributed by atoms with Gasteiger partial charge in [-0.15, -0.1) is 0 Å². The molecule has 6 heteroatoms. The molecule has 0 heterocycles. The maximum Gasteiger partial charge on any atom is 0.416 e. The Morgan fingerprint density at radius 2 is 1.43 bits per heavy atom. The molecule has 1 aliphatic carbocycles. The Morgan fingerprint density at radius 1 is 0.857 bits per heavy atom. The summed E-state index contributed by atoms with van der Waals surface area (Å²) in [5.74, 6) is 0.381. The third-order valence-electron chi connectivity index (χ3n) is 4.68. The lowest BCUT2D eigenvalue weighted by Crippen LogP contribution is -2.11. The molecule has 3 rings (SSSR count). The third-order valence-corrected chi connectivity index (χ3v) is 4.68. The molecule has 0 saturated carbocycles. The van der Waals surface area contributed by atoms with Crippen LogP contribution in [0.15, 0.2) is 35.9 Å². The van der Waals surface area contributed by atoms with E-state index < -0.39 is 23.5 Å². The summed E-state index contributed by atoms with van der Waals surface area (Å²) in [6.45, 7) is 5.79. The van der Waals surface area contributed by atoms with E-state index in [0.29, 0.717) is 22.6 Å². The smallest absolute Gasteiger partial charge is 0.166 e. The maximum absolute atomic E-state index is 13.2. The third kappa shape index (κ3) is 4.10. The van der Waals surface area contributed by atoms with Crippen LogP contribution in [0.2, 0.25) is 0 Å². The molecule has 1 radical (unpaired) electrons. The van der Waals surface area contributed by atoms with Gasteiger partial charge in [-0.05, 0) is 65.3 Å². The SMILES string of the molecule is Cc1ccc2c(c1-c1cc(C(F)(F)F)cc(C(F)(F)F)c1)C=C(CC(C)C)[CH]2. The van der Waals surface area contributed by atoms with Gasteiger partial charge in [0.2, 0.25) is 0 Å². The van der Waals surface area contributed by atoms with Crippen molar-refractivity contribution in [3.05, 3.63) is 70.1 Å². The molecule has 0 unspecified atom stereocenters. The lowest BCUT2D eigenvalue weighted by molar-refractivity contribution is -0.143. The van der Waals surface area contributed by atoms with E-state index in [1.165, 1.54) is 0 Å². The van der Waals surface area contributed by atoms with E-state index in [0.717, 1.165) is 29.7 Å². The first-order valence-electron chi connectivity index (χ1n) is 8.85. The van der Waals surface area contributed by atoms with E-state index in [2.05, 4.69) is 0 Å². The van der Waals surface area contributed by atoms with Crippen molar-refractivity contribution in [1.82, 2.24) is 0 Å². The van der Waals surface area contributed by atoms with Crippen LogP contribution < -0.4 is 0 Å². The Kier molecular flexibility index (Phi) is 5.11. The van der Waals surface area contributed by atoms with E-state index in [-0.39, 0.29) is 11.6 Å². The predicted molar refractivity (Wildman–Crippen MR) is 97.5 cm³/mol. The molecular weight excluding hydrogens is 378 g/mol. The molecule has 0 aliphatic heterocycles. The van der Waals surface area contributed by atoms with Crippen molar-refractivity contribution < 1.29 is 26.3 Å². The number of allylic oxidation sites excluding steroid dienone is 1. The zero-order valence-electron chi connectivity index (χ0n) is 15.6. The molecule has 0 spiro atoms. The average molecular weight is 397 g/mol. The van der Waals surface area contributed by atoms with Gasteiger partial charge in [0, 0.05) is 6.42 Å². The zero-order valence-corrected chi connectivity index (χ0v) is 15.6. The largest absolute Gasteiger partial charge is 0.416 e. The minimum absolute atomic E-state index is 0.0769. The molecule has 0 saturated heterocycles. The molecule has 2 aromatic carbocycles. The Balaban J connectivity index is 2.23. The van der Waals surface area contributed by atoms with Gasteiger partial charge in [0.15, 0.2) is 0 Å². The summed E-state index contributed by atoms with van der Waals surface area (Å²) < 4.78 is 79.5. The van der Waals surface area contributed by atoms with Gasteiger partial charge in [0.05, 0.1) is 11.1 Å². The van der Waals surface area contributed by atoms with Crippen LogP contribution in [0.25, 0.3) is 17.2 Å². The van der Waals surface area contributed by atoms with Crippen LogP contribution in [0.1, 0.15) is 48.1 Å². The number of aryl methyl sites for hydroxylation is 1. The standard InChI is InChI=1S/C22H19F6/c1-12(2)6-14-7-15-5-4-13(3)20(19(15)8-14)16-9-17(21(23,24)25)11-18(10-16)22(26,27)28/h4-5,7-12H,6H2,1-3H3. The number of fused-ring (bicyclic) bond motifs is 1. The number of benzene rings is 2. The van der Waals surface area contributed by atoms with Gasteiger partial charge in [-0.1, -0.05) is 37.6 Å². The number of halogens is 6. The number of hydrogen-bond donors (Lipinski definition) is 0. The van der Waals surface area contributed by atoms with Crippen molar-refractivity contribution in [3.63, 3.8) is 0 Å². The van der Waals surface area contributed by atoms with Crippen LogP contribution >= 0.6 is 0 Å². The fourth-order valence-electron chi connectivity index (χ4n) is 3.52. The summed E-state index contributed by atoms with van der Waals surface area (Å²) in [4.78, 5) is 0. The molecule has 0 N–H and O–H groups in total. The highest BCUT2D eigenvalue weighted by Gasteiger charge is 2.37. The van der Waals surface area contributed by atoms with Gasteiger partial charge in [0.1, 0.15) is 0 Å². The van der Waals surface area contributed by atoms with E-state index in [4.69, 9.17) is 0 Å². The molecule has 28 heavy (non-hydrogen) atoms. The minimum atomic E-state index is -4.87. The highest BCUT2D eigenvalue weighted by molar-refractivity contribution is 5.85. The van der Waals surface area contributed by atoms with Gasteiger partial charge >= 0.3 is 12.4 Å². The topological polar surface area (TPSA) is 0 Å². The lowest BCUT2D eigenvalue weighted by atomic mass is 9.90. The van der Waals surface area contributed by atoms with Crippen molar-refractivity contribution in [2.45, 2.75) is 39.5 Å². The molecule has 1 aliphatic rings. The van der Waals surface area contributed by atoms with Crippen molar-refractivity contribution >= 4 is 6.08 Å². The number of hydrogen-bond acceptors (Lipinski definition) is 0. The quantitative estimate of drug-likeness (QED) is 0.466.